The first-order valence-corrected chi connectivity index (χ1v) is 15.3. The highest BCUT2D eigenvalue weighted by Crippen LogP contribution is 2.43. The summed E-state index contributed by atoms with van der Waals surface area (Å²) in [7, 11) is 0. The van der Waals surface area contributed by atoms with E-state index in [9.17, 15) is 4.79 Å². The Bertz CT molecular complexity index is 1540. The lowest BCUT2D eigenvalue weighted by molar-refractivity contribution is 0.0266. The molecule has 10 heteroatoms. The van der Waals surface area contributed by atoms with Crippen LogP contribution in [0.3, 0.4) is 0 Å². The van der Waals surface area contributed by atoms with Gasteiger partial charge in [-0.3, -0.25) is 9.56 Å². The average molecular weight is 579 g/mol. The Balaban J connectivity index is 1.22. The molecule has 6 rings (SSSR count). The molecule has 218 valence electrons. The highest BCUT2D eigenvalue weighted by atomic mass is 32.1. The minimum absolute atomic E-state index is 0.0807. The monoisotopic (exact) mass is 578 g/mol. The summed E-state index contributed by atoms with van der Waals surface area (Å²) in [5.74, 6) is 1.39. The van der Waals surface area contributed by atoms with Crippen LogP contribution < -0.4 is 4.90 Å². The first-order valence-electron chi connectivity index (χ1n) is 14.5. The highest BCUT2D eigenvalue weighted by molar-refractivity contribution is 7.15. The van der Waals surface area contributed by atoms with Crippen LogP contribution in [0.2, 0.25) is 0 Å². The maximum absolute atomic E-state index is 15.8. The number of anilines is 1. The lowest BCUT2D eigenvalue weighted by Gasteiger charge is -2.40. The molecule has 2 aromatic heterocycles. The number of benzene rings is 1. The minimum Gasteiger partial charge on any atom is -0.444 e. The quantitative estimate of drug-likeness (QED) is 0.346. The van der Waals surface area contributed by atoms with Crippen LogP contribution in [0.15, 0.2) is 23.2 Å². The van der Waals surface area contributed by atoms with Crippen LogP contribution in [0.4, 0.5) is 14.9 Å². The third-order valence-corrected chi connectivity index (χ3v) is 10.0. The zero-order valence-electron chi connectivity index (χ0n) is 25.0. The topological polar surface area (TPSA) is 75.8 Å². The predicted molar refractivity (Wildman–Crippen MR) is 160 cm³/mol. The van der Waals surface area contributed by atoms with Crippen molar-refractivity contribution in [3.8, 4) is 5.00 Å². The molecule has 1 spiro atoms. The van der Waals surface area contributed by atoms with Gasteiger partial charge >= 0.3 is 6.09 Å². The molecule has 1 amide bonds. The van der Waals surface area contributed by atoms with Crippen LogP contribution in [0.25, 0.3) is 5.00 Å². The molecule has 41 heavy (non-hydrogen) atoms. The fourth-order valence-corrected chi connectivity index (χ4v) is 7.65. The number of hydrogen-bond donors (Lipinski definition) is 0. The van der Waals surface area contributed by atoms with E-state index in [0.29, 0.717) is 12.2 Å². The van der Waals surface area contributed by atoms with Gasteiger partial charge in [0.2, 0.25) is 0 Å². The molecule has 0 bridgehead atoms. The van der Waals surface area contributed by atoms with Crippen molar-refractivity contribution in [2.45, 2.75) is 79.4 Å². The van der Waals surface area contributed by atoms with Crippen molar-refractivity contribution >= 4 is 28.8 Å². The number of ether oxygens (including phenoxy) is 1. The first-order chi connectivity index (χ1) is 19.4. The predicted octanol–water partition coefficient (Wildman–Crippen LogP) is 6.53. The van der Waals surface area contributed by atoms with E-state index in [4.69, 9.17) is 9.73 Å². The van der Waals surface area contributed by atoms with E-state index in [0.717, 1.165) is 77.9 Å². The van der Waals surface area contributed by atoms with E-state index in [2.05, 4.69) is 33.5 Å². The maximum Gasteiger partial charge on any atom is 0.410 e. The number of nitrogens with zero attached hydrogens (tertiary/aromatic N) is 6. The Morgan fingerprint density at radius 1 is 1.10 bits per heavy atom. The van der Waals surface area contributed by atoms with Gasteiger partial charge in [0, 0.05) is 42.2 Å². The SMILES string of the molecule is Cc1sc2c(c1C)C(c1ccc(N3CCC4(CCN(C(=O)OC(C)(C)C)C4)CC3)c(F)c1)=NC(C)c1nnc(C)n1-2. The number of amides is 1. The third-order valence-electron chi connectivity index (χ3n) is 8.83. The number of rotatable bonds is 2. The molecular formula is C31H39FN6O2S. The lowest BCUT2D eigenvalue weighted by Crippen LogP contribution is -2.43. The number of carbonyl (C=O) groups is 1. The standard InChI is InChI=1S/C31H39FN6O2S/c1-18-20(3)41-28-25(18)26(33-19(2)27-35-34-21(4)38(27)28)22-8-9-24(23(32)16-22)36-13-10-31(11-14-36)12-15-37(17-31)29(39)40-30(5,6)7/h8-9,16,19H,10-15,17H2,1-7H3. The van der Waals surface area contributed by atoms with E-state index >= 15 is 4.39 Å². The van der Waals surface area contributed by atoms with Crippen molar-refractivity contribution < 1.29 is 13.9 Å². The van der Waals surface area contributed by atoms with Gasteiger partial charge in [0.05, 0.1) is 11.4 Å². The molecule has 2 saturated heterocycles. The Morgan fingerprint density at radius 2 is 1.80 bits per heavy atom. The van der Waals surface area contributed by atoms with Crippen LogP contribution in [0.1, 0.15) is 86.2 Å². The number of aliphatic imine (C=N–C) groups is 1. The van der Waals surface area contributed by atoms with Gasteiger partial charge in [-0.15, -0.1) is 21.5 Å². The van der Waals surface area contributed by atoms with Crippen LogP contribution >= 0.6 is 11.3 Å². The maximum atomic E-state index is 15.8. The van der Waals surface area contributed by atoms with Crippen molar-refractivity contribution in [3.05, 3.63) is 57.2 Å². The Kier molecular flexibility index (Phi) is 6.75. The summed E-state index contributed by atoms with van der Waals surface area (Å²) in [5.41, 5.74) is 3.96. The van der Waals surface area contributed by atoms with Crippen LogP contribution in [-0.2, 0) is 4.74 Å². The molecule has 0 saturated carbocycles. The Hall–Kier alpha value is -3.27. The summed E-state index contributed by atoms with van der Waals surface area (Å²) in [5, 5.41) is 9.78. The fourth-order valence-electron chi connectivity index (χ4n) is 6.44. The molecule has 0 radical (unpaired) electrons. The van der Waals surface area contributed by atoms with E-state index in [1.165, 1.54) is 4.88 Å². The second-order valence-electron chi connectivity index (χ2n) is 12.9. The van der Waals surface area contributed by atoms with Crippen molar-refractivity contribution in [1.82, 2.24) is 19.7 Å². The van der Waals surface area contributed by atoms with Gasteiger partial charge in [0.1, 0.15) is 28.3 Å². The molecule has 0 N–H and O–H groups in total. The number of hydrogen-bond acceptors (Lipinski definition) is 7. The fraction of sp³-hybridized carbons (Fsp3) is 0.548. The van der Waals surface area contributed by atoms with E-state index < -0.39 is 5.60 Å². The van der Waals surface area contributed by atoms with Crippen LogP contribution in [-0.4, -0.2) is 63.2 Å². The van der Waals surface area contributed by atoms with E-state index in [1.54, 1.807) is 17.4 Å². The number of thiophene rings is 1. The zero-order valence-corrected chi connectivity index (χ0v) is 25.9. The molecule has 5 heterocycles. The van der Waals surface area contributed by atoms with Gasteiger partial charge in [-0.2, -0.15) is 0 Å². The zero-order chi connectivity index (χ0) is 29.3. The van der Waals surface area contributed by atoms with Crippen molar-refractivity contribution in [1.29, 1.82) is 0 Å². The average Bonchev–Trinajstić information content (AvgIpc) is 3.56. The minimum atomic E-state index is -0.499. The molecule has 1 atom stereocenters. The molecule has 2 fully saturated rings. The summed E-state index contributed by atoms with van der Waals surface area (Å²) in [6.07, 6.45) is 2.58. The normalized spacial score (nSPS) is 20.1. The number of piperidine rings is 1. The summed E-state index contributed by atoms with van der Waals surface area (Å²) >= 11 is 1.70. The van der Waals surface area contributed by atoms with E-state index in [-0.39, 0.29) is 23.4 Å². The van der Waals surface area contributed by atoms with Gasteiger partial charge in [0.25, 0.3) is 0 Å². The Labute approximate surface area is 245 Å². The number of aryl methyl sites for hydroxylation is 2. The molecule has 3 aromatic rings. The molecular weight excluding hydrogens is 539 g/mol. The molecule has 3 aliphatic heterocycles. The molecule has 1 aromatic carbocycles. The van der Waals surface area contributed by atoms with Crippen molar-refractivity contribution in [3.63, 3.8) is 0 Å². The highest BCUT2D eigenvalue weighted by Gasteiger charge is 2.43. The number of aromatic nitrogens is 3. The summed E-state index contributed by atoms with van der Waals surface area (Å²) < 4.78 is 23.5. The number of carbonyl (C=O) groups excluding carboxylic acids is 1. The van der Waals surface area contributed by atoms with Crippen LogP contribution in [0, 0.1) is 32.0 Å². The van der Waals surface area contributed by atoms with Crippen LogP contribution in [0.5, 0.6) is 0 Å². The van der Waals surface area contributed by atoms with Crippen molar-refractivity contribution in [2.75, 3.05) is 31.1 Å². The second kappa shape index (κ2) is 9.93. The second-order valence-corrected chi connectivity index (χ2v) is 14.1. The first kappa shape index (κ1) is 27.9. The van der Waals surface area contributed by atoms with Gasteiger partial charge < -0.3 is 14.5 Å². The smallest absolute Gasteiger partial charge is 0.410 e. The van der Waals surface area contributed by atoms with Gasteiger partial charge in [-0.1, -0.05) is 6.07 Å². The largest absolute Gasteiger partial charge is 0.444 e. The van der Waals surface area contributed by atoms with E-state index in [1.807, 2.05) is 51.7 Å². The molecule has 1 unspecified atom stereocenters. The lowest BCUT2D eigenvalue weighted by atomic mass is 9.77. The Morgan fingerprint density at radius 3 is 2.49 bits per heavy atom. The van der Waals surface area contributed by atoms with Crippen molar-refractivity contribution in [2.24, 2.45) is 10.4 Å². The molecule has 3 aliphatic rings. The molecule has 8 nitrogen and oxygen atoms in total. The molecule has 0 aliphatic carbocycles. The van der Waals surface area contributed by atoms with Gasteiger partial charge in [-0.25, -0.2) is 9.18 Å². The summed E-state index contributed by atoms with van der Waals surface area (Å²) in [6.45, 7) is 16.8. The van der Waals surface area contributed by atoms with Gasteiger partial charge in [-0.05, 0) is 90.8 Å². The number of halogens is 1. The van der Waals surface area contributed by atoms with Gasteiger partial charge in [0.15, 0.2) is 5.82 Å². The number of likely N-dealkylation sites (tertiary alicyclic amines) is 1. The summed E-state index contributed by atoms with van der Waals surface area (Å²) in [6, 6.07) is 5.34. The third kappa shape index (κ3) is 4.94. The summed E-state index contributed by atoms with van der Waals surface area (Å²) in [4.78, 5) is 22.9. The number of fused-ring (bicyclic) bond motifs is 3.